The first-order valence-electron chi connectivity index (χ1n) is 8.41. The molecular formula is C20H18F3NO3. The van der Waals surface area contributed by atoms with Crippen molar-refractivity contribution in [3.8, 4) is 0 Å². The number of hydrogen-bond acceptors (Lipinski definition) is 3. The number of ether oxygens (including phenoxy) is 1. The molecule has 3 rings (SSSR count). The Balaban J connectivity index is 1.88. The molecule has 4 nitrogen and oxygen atoms in total. The standard InChI is InChI=1S/C20H18F3NO3/c1-12(14-6-4-3-5-7-14)24-18(26)17(19(24)27-13(2)25)15-8-10-16(11-9-15)20(21,22)23/h3-12,17,19H,1-2H3. The molecule has 1 amide bonds. The van der Waals surface area contributed by atoms with Crippen LogP contribution >= 0.6 is 0 Å². The van der Waals surface area contributed by atoms with Crippen LogP contribution in [0, 0.1) is 0 Å². The van der Waals surface area contributed by atoms with Crippen molar-refractivity contribution in [2.75, 3.05) is 0 Å². The molecule has 3 atom stereocenters. The first-order valence-corrected chi connectivity index (χ1v) is 8.41. The van der Waals surface area contributed by atoms with Crippen LogP contribution in [0.4, 0.5) is 13.2 Å². The second-order valence-corrected chi connectivity index (χ2v) is 6.43. The normalized spacial score (nSPS) is 20.8. The van der Waals surface area contributed by atoms with Crippen LogP contribution in [0.5, 0.6) is 0 Å². The summed E-state index contributed by atoms with van der Waals surface area (Å²) in [5, 5.41) is 0. The van der Waals surface area contributed by atoms with Gasteiger partial charge in [0.05, 0.1) is 11.6 Å². The van der Waals surface area contributed by atoms with Crippen molar-refractivity contribution in [2.24, 2.45) is 0 Å². The lowest BCUT2D eigenvalue weighted by Crippen LogP contribution is -2.61. The van der Waals surface area contributed by atoms with Crippen molar-refractivity contribution in [1.29, 1.82) is 0 Å². The van der Waals surface area contributed by atoms with Crippen LogP contribution in [-0.2, 0) is 20.5 Å². The number of carbonyl (C=O) groups is 2. The van der Waals surface area contributed by atoms with E-state index in [2.05, 4.69) is 0 Å². The highest BCUT2D eigenvalue weighted by molar-refractivity contribution is 5.91. The Bertz CT molecular complexity index is 834. The summed E-state index contributed by atoms with van der Waals surface area (Å²) < 4.78 is 43.6. The molecule has 2 aromatic rings. The van der Waals surface area contributed by atoms with Crippen LogP contribution in [0.25, 0.3) is 0 Å². The molecule has 2 aromatic carbocycles. The molecule has 27 heavy (non-hydrogen) atoms. The van der Waals surface area contributed by atoms with Crippen molar-refractivity contribution in [2.45, 2.75) is 38.2 Å². The maximum atomic E-state index is 12.8. The van der Waals surface area contributed by atoms with Gasteiger partial charge in [-0.05, 0) is 30.2 Å². The molecule has 0 spiro atoms. The molecule has 1 aliphatic rings. The molecule has 3 unspecified atom stereocenters. The predicted octanol–water partition coefficient (Wildman–Crippen LogP) is 4.28. The number of likely N-dealkylation sites (tertiary alicyclic amines) is 1. The highest BCUT2D eigenvalue weighted by Crippen LogP contribution is 2.42. The lowest BCUT2D eigenvalue weighted by atomic mass is 9.85. The number of halogens is 3. The van der Waals surface area contributed by atoms with Gasteiger partial charge in [0.2, 0.25) is 5.91 Å². The SMILES string of the molecule is CC(=O)OC1C(c2ccc(C(F)(F)F)cc2)C(=O)N1C(C)c1ccccc1. The first-order chi connectivity index (χ1) is 12.7. The van der Waals surface area contributed by atoms with E-state index in [-0.39, 0.29) is 11.9 Å². The lowest BCUT2D eigenvalue weighted by molar-refractivity contribution is -0.193. The summed E-state index contributed by atoms with van der Waals surface area (Å²) in [4.78, 5) is 25.7. The highest BCUT2D eigenvalue weighted by Gasteiger charge is 2.52. The number of hydrogen-bond donors (Lipinski definition) is 0. The average Bonchev–Trinajstić information content (AvgIpc) is 2.61. The summed E-state index contributed by atoms with van der Waals surface area (Å²) in [5.74, 6) is -1.67. The molecule has 0 radical (unpaired) electrons. The molecule has 0 N–H and O–H groups in total. The number of nitrogens with zero attached hydrogens (tertiary/aromatic N) is 1. The molecule has 142 valence electrons. The molecule has 1 fully saturated rings. The van der Waals surface area contributed by atoms with Crippen LogP contribution in [0.15, 0.2) is 54.6 Å². The van der Waals surface area contributed by atoms with Gasteiger partial charge in [0, 0.05) is 6.92 Å². The van der Waals surface area contributed by atoms with E-state index in [9.17, 15) is 22.8 Å². The van der Waals surface area contributed by atoms with E-state index in [0.29, 0.717) is 5.56 Å². The summed E-state index contributed by atoms with van der Waals surface area (Å²) in [5.41, 5.74) is 0.459. The van der Waals surface area contributed by atoms with Gasteiger partial charge in [0.15, 0.2) is 6.23 Å². The van der Waals surface area contributed by atoms with Crippen molar-refractivity contribution >= 4 is 11.9 Å². The van der Waals surface area contributed by atoms with E-state index in [1.807, 2.05) is 37.3 Å². The molecule has 0 saturated carbocycles. The molecule has 1 aliphatic heterocycles. The van der Waals surface area contributed by atoms with E-state index >= 15 is 0 Å². The van der Waals surface area contributed by atoms with Gasteiger partial charge < -0.3 is 4.74 Å². The average molecular weight is 377 g/mol. The van der Waals surface area contributed by atoms with E-state index in [1.165, 1.54) is 24.0 Å². The summed E-state index contributed by atoms with van der Waals surface area (Å²) in [6.45, 7) is 3.05. The zero-order valence-electron chi connectivity index (χ0n) is 14.7. The fraction of sp³-hybridized carbons (Fsp3) is 0.300. The van der Waals surface area contributed by atoms with Gasteiger partial charge in [-0.3, -0.25) is 14.5 Å². The molecule has 0 aromatic heterocycles. The van der Waals surface area contributed by atoms with Gasteiger partial charge in [0.25, 0.3) is 0 Å². The Morgan fingerprint density at radius 2 is 1.67 bits per heavy atom. The zero-order valence-corrected chi connectivity index (χ0v) is 14.7. The van der Waals surface area contributed by atoms with Crippen molar-refractivity contribution in [3.63, 3.8) is 0 Å². The summed E-state index contributed by atoms with van der Waals surface area (Å²) in [6, 6.07) is 13.3. The van der Waals surface area contributed by atoms with Gasteiger partial charge in [-0.15, -0.1) is 0 Å². The van der Waals surface area contributed by atoms with E-state index in [0.717, 1.165) is 17.7 Å². The monoisotopic (exact) mass is 377 g/mol. The molecule has 1 saturated heterocycles. The van der Waals surface area contributed by atoms with E-state index < -0.39 is 29.9 Å². The first kappa shape index (κ1) is 18.9. The Labute approximate surface area is 154 Å². The topological polar surface area (TPSA) is 46.6 Å². The number of alkyl halides is 3. The summed E-state index contributed by atoms with van der Waals surface area (Å²) in [6.07, 6.45) is -5.31. The molecule has 1 heterocycles. The van der Waals surface area contributed by atoms with Crippen molar-refractivity contribution in [1.82, 2.24) is 4.90 Å². The number of β-lactam (4-membered cyclic amide) rings is 1. The largest absolute Gasteiger partial charge is 0.440 e. The van der Waals surface area contributed by atoms with Gasteiger partial charge >= 0.3 is 12.1 Å². The molecule has 0 bridgehead atoms. The lowest BCUT2D eigenvalue weighted by Gasteiger charge is -2.49. The van der Waals surface area contributed by atoms with Crippen LogP contribution in [0.2, 0.25) is 0 Å². The number of benzene rings is 2. The fourth-order valence-electron chi connectivity index (χ4n) is 3.27. The smallest absolute Gasteiger partial charge is 0.416 e. The molecular weight excluding hydrogens is 359 g/mol. The quantitative estimate of drug-likeness (QED) is 0.590. The summed E-state index contributed by atoms with van der Waals surface area (Å²) in [7, 11) is 0. The van der Waals surface area contributed by atoms with Gasteiger partial charge in [-0.25, -0.2) is 0 Å². The highest BCUT2D eigenvalue weighted by atomic mass is 19.4. The second-order valence-electron chi connectivity index (χ2n) is 6.43. The third-order valence-electron chi connectivity index (χ3n) is 4.66. The van der Waals surface area contributed by atoms with E-state index in [4.69, 9.17) is 4.74 Å². The Kier molecular flexibility index (Phi) is 4.95. The van der Waals surface area contributed by atoms with Crippen LogP contribution in [0.1, 0.15) is 42.5 Å². The summed E-state index contributed by atoms with van der Waals surface area (Å²) >= 11 is 0. The molecule has 7 heteroatoms. The Morgan fingerprint density at radius 1 is 1.07 bits per heavy atom. The van der Waals surface area contributed by atoms with Gasteiger partial charge in [-0.1, -0.05) is 42.5 Å². The zero-order chi connectivity index (χ0) is 19.8. The minimum absolute atomic E-state index is 0.294. The van der Waals surface area contributed by atoms with Crippen LogP contribution in [-0.4, -0.2) is 23.0 Å². The number of rotatable bonds is 4. The third kappa shape index (κ3) is 3.67. The second kappa shape index (κ2) is 7.06. The Hall–Kier alpha value is -2.83. The van der Waals surface area contributed by atoms with Gasteiger partial charge in [-0.2, -0.15) is 13.2 Å². The minimum atomic E-state index is -4.45. The van der Waals surface area contributed by atoms with Gasteiger partial charge in [0.1, 0.15) is 5.92 Å². The predicted molar refractivity (Wildman–Crippen MR) is 91.4 cm³/mol. The van der Waals surface area contributed by atoms with Crippen molar-refractivity contribution < 1.29 is 27.5 Å². The Morgan fingerprint density at radius 3 is 2.19 bits per heavy atom. The minimum Gasteiger partial charge on any atom is -0.440 e. The number of carbonyl (C=O) groups excluding carboxylic acids is 2. The maximum absolute atomic E-state index is 12.8. The third-order valence-corrected chi connectivity index (χ3v) is 4.66. The fourth-order valence-corrected chi connectivity index (χ4v) is 3.27. The van der Waals surface area contributed by atoms with Crippen molar-refractivity contribution in [3.05, 3.63) is 71.3 Å². The van der Waals surface area contributed by atoms with Crippen LogP contribution < -0.4 is 0 Å². The number of amides is 1. The molecule has 0 aliphatic carbocycles. The number of esters is 1. The van der Waals surface area contributed by atoms with Crippen LogP contribution in [0.3, 0.4) is 0 Å². The maximum Gasteiger partial charge on any atom is 0.416 e. The van der Waals surface area contributed by atoms with E-state index in [1.54, 1.807) is 0 Å².